The van der Waals surface area contributed by atoms with Crippen LogP contribution in [0.1, 0.15) is 42.3 Å². The van der Waals surface area contributed by atoms with Gasteiger partial charge in [-0.15, -0.1) is 0 Å². The fourth-order valence-corrected chi connectivity index (χ4v) is 6.79. The fourth-order valence-electron chi connectivity index (χ4n) is 4.01. The van der Waals surface area contributed by atoms with Gasteiger partial charge in [0.2, 0.25) is 5.78 Å². The van der Waals surface area contributed by atoms with Gasteiger partial charge < -0.3 is 9.47 Å². The highest BCUT2D eigenvalue weighted by molar-refractivity contribution is 7.98. The summed E-state index contributed by atoms with van der Waals surface area (Å²) in [5.74, 6) is 4.05. The molecule has 1 saturated heterocycles. The molecule has 1 atom stereocenters. The van der Waals surface area contributed by atoms with Gasteiger partial charge in [-0.2, -0.15) is 0 Å². The number of Topliss-reactive ketones (excluding diaryl/α,β-unsaturated/α-hetero) is 1. The summed E-state index contributed by atoms with van der Waals surface area (Å²) in [5, 5.41) is 0.0382. The monoisotopic (exact) mass is 383 g/mol. The molecule has 2 aromatic carbocycles. The molecule has 0 radical (unpaired) electrons. The Morgan fingerprint density at radius 2 is 1.70 bits per heavy atom. The second kappa shape index (κ2) is 7.33. The quantitative estimate of drug-likeness (QED) is 0.489. The van der Waals surface area contributed by atoms with Crippen LogP contribution in [-0.4, -0.2) is 35.8 Å². The molecular formula is C23H27O3S+. The lowest BCUT2D eigenvalue weighted by atomic mass is 9.86. The Labute approximate surface area is 164 Å². The first-order valence-corrected chi connectivity index (χ1v) is 11.2. The minimum absolute atomic E-state index is 0.0382. The maximum absolute atomic E-state index is 13.5. The molecule has 0 aromatic heterocycles. The van der Waals surface area contributed by atoms with Crippen molar-refractivity contribution in [1.29, 1.82) is 0 Å². The lowest BCUT2D eigenvalue weighted by molar-refractivity contribution is 0.0946. The van der Waals surface area contributed by atoms with E-state index in [2.05, 4.69) is 32.9 Å². The number of ketones is 1. The Balaban J connectivity index is 1.63. The molecule has 2 aromatic rings. The van der Waals surface area contributed by atoms with E-state index in [4.69, 9.17) is 9.47 Å². The third kappa shape index (κ3) is 3.78. The van der Waals surface area contributed by atoms with Gasteiger partial charge in [-0.05, 0) is 29.8 Å². The molecular weight excluding hydrogens is 356 g/mol. The van der Waals surface area contributed by atoms with Crippen LogP contribution >= 0.6 is 0 Å². The van der Waals surface area contributed by atoms with Gasteiger partial charge in [-0.25, -0.2) is 0 Å². The number of hydrogen-bond acceptors (Lipinski definition) is 3. The third-order valence-corrected chi connectivity index (χ3v) is 8.23. The maximum atomic E-state index is 13.5. The first-order chi connectivity index (χ1) is 12.9. The van der Waals surface area contributed by atoms with Gasteiger partial charge >= 0.3 is 0 Å². The second-order valence-corrected chi connectivity index (χ2v) is 10.7. The van der Waals surface area contributed by atoms with Crippen molar-refractivity contribution in [2.45, 2.75) is 32.4 Å². The topological polar surface area (TPSA) is 35.5 Å². The molecule has 0 saturated carbocycles. The van der Waals surface area contributed by atoms with E-state index in [9.17, 15) is 4.79 Å². The Hall–Kier alpha value is -1.78. The van der Waals surface area contributed by atoms with E-state index in [1.807, 2.05) is 30.3 Å². The van der Waals surface area contributed by atoms with Gasteiger partial charge in [0.25, 0.3) is 0 Å². The molecule has 27 heavy (non-hydrogen) atoms. The Morgan fingerprint density at radius 3 is 2.44 bits per heavy atom. The van der Waals surface area contributed by atoms with Crippen molar-refractivity contribution in [2.75, 3.05) is 24.7 Å². The zero-order valence-electron chi connectivity index (χ0n) is 16.3. The number of carbonyl (C=O) groups is 1. The Morgan fingerprint density at radius 1 is 1.00 bits per heavy atom. The highest BCUT2D eigenvalue weighted by atomic mass is 32.2. The molecule has 2 heterocycles. The van der Waals surface area contributed by atoms with Crippen molar-refractivity contribution in [3.63, 3.8) is 0 Å². The second-order valence-electron chi connectivity index (χ2n) is 8.38. The number of fused-ring (bicyclic) bond motifs is 2. The average molecular weight is 384 g/mol. The smallest absolute Gasteiger partial charge is 0.215 e. The molecule has 1 fully saturated rings. The van der Waals surface area contributed by atoms with Gasteiger partial charge in [0.05, 0.1) is 13.2 Å². The van der Waals surface area contributed by atoms with Crippen LogP contribution in [0.5, 0.6) is 11.5 Å². The number of benzene rings is 2. The highest BCUT2D eigenvalue weighted by Gasteiger charge is 2.46. The SMILES string of the molecule is CC(C)(C)C(C(=O)c1ccc2c(c1)Cc1ccccc1O2)[S+]1CCOCC1. The fraction of sp³-hybridized carbons (Fsp3) is 0.435. The minimum Gasteiger partial charge on any atom is -0.457 e. The van der Waals surface area contributed by atoms with E-state index < -0.39 is 0 Å². The van der Waals surface area contributed by atoms with E-state index in [1.165, 1.54) is 5.56 Å². The van der Waals surface area contributed by atoms with Crippen molar-refractivity contribution >= 4 is 16.7 Å². The zero-order chi connectivity index (χ0) is 19.0. The minimum atomic E-state index is -0.0590. The summed E-state index contributed by atoms with van der Waals surface area (Å²) in [6, 6.07) is 14.1. The molecule has 0 spiro atoms. The van der Waals surface area contributed by atoms with Crippen LogP contribution in [0.15, 0.2) is 42.5 Å². The molecule has 142 valence electrons. The predicted molar refractivity (Wildman–Crippen MR) is 111 cm³/mol. The van der Waals surface area contributed by atoms with Crippen LogP contribution in [0.4, 0.5) is 0 Å². The van der Waals surface area contributed by atoms with E-state index in [0.717, 1.165) is 53.8 Å². The van der Waals surface area contributed by atoms with Crippen LogP contribution in [0.25, 0.3) is 0 Å². The van der Waals surface area contributed by atoms with Crippen LogP contribution in [0, 0.1) is 5.41 Å². The third-order valence-electron chi connectivity index (χ3n) is 5.26. The van der Waals surface area contributed by atoms with Crippen LogP contribution < -0.4 is 4.74 Å². The number of rotatable bonds is 3. The van der Waals surface area contributed by atoms with E-state index >= 15 is 0 Å². The molecule has 0 bridgehead atoms. The molecule has 2 aliphatic rings. The van der Waals surface area contributed by atoms with Crippen LogP contribution in [0.2, 0.25) is 0 Å². The lowest BCUT2D eigenvalue weighted by Crippen LogP contribution is -2.47. The number of carbonyl (C=O) groups excluding carboxylic acids is 1. The van der Waals surface area contributed by atoms with Gasteiger partial charge in [-0.1, -0.05) is 39.0 Å². The van der Waals surface area contributed by atoms with E-state index in [-0.39, 0.29) is 27.3 Å². The van der Waals surface area contributed by atoms with Crippen molar-refractivity contribution < 1.29 is 14.3 Å². The van der Waals surface area contributed by atoms with Crippen molar-refractivity contribution in [2.24, 2.45) is 5.41 Å². The number of ether oxygens (including phenoxy) is 2. The highest BCUT2D eigenvalue weighted by Crippen LogP contribution is 2.38. The van der Waals surface area contributed by atoms with Crippen molar-refractivity contribution in [3.05, 3.63) is 59.2 Å². The van der Waals surface area contributed by atoms with Gasteiger partial charge in [-0.3, -0.25) is 4.79 Å². The molecule has 4 heteroatoms. The van der Waals surface area contributed by atoms with Gasteiger partial charge in [0, 0.05) is 33.9 Å². The molecule has 1 unspecified atom stereocenters. The first-order valence-electron chi connectivity index (χ1n) is 9.60. The van der Waals surface area contributed by atoms with Crippen LogP contribution in [-0.2, 0) is 22.1 Å². The Bertz CT molecular complexity index is 847. The number of para-hydroxylation sites is 1. The lowest BCUT2D eigenvalue weighted by Gasteiger charge is -2.31. The van der Waals surface area contributed by atoms with Crippen molar-refractivity contribution in [3.8, 4) is 11.5 Å². The molecule has 0 aliphatic carbocycles. The van der Waals surface area contributed by atoms with E-state index in [1.54, 1.807) is 0 Å². The largest absolute Gasteiger partial charge is 0.457 e. The normalized spacial score (nSPS) is 18.2. The summed E-state index contributed by atoms with van der Waals surface area (Å²) >= 11 is 0. The zero-order valence-corrected chi connectivity index (χ0v) is 17.1. The molecule has 2 aliphatic heterocycles. The summed E-state index contributed by atoms with van der Waals surface area (Å²) in [6.45, 7) is 8.12. The number of hydrogen-bond donors (Lipinski definition) is 0. The predicted octanol–water partition coefficient (Wildman–Crippen LogP) is 4.63. The van der Waals surface area contributed by atoms with Gasteiger partial charge in [0.15, 0.2) is 5.25 Å². The van der Waals surface area contributed by atoms with Gasteiger partial charge in [0.1, 0.15) is 23.0 Å². The standard InChI is InChI=1S/C23H27O3S/c1-23(2,3)22(27-12-10-25-11-13-27)21(24)17-8-9-20-18(15-17)14-16-6-4-5-7-19(16)26-20/h4-9,15,22H,10-14H2,1-3H3/q+1. The summed E-state index contributed by atoms with van der Waals surface area (Å²) in [6.07, 6.45) is 0.812. The Kier molecular flexibility index (Phi) is 5.04. The molecule has 0 amide bonds. The first kappa shape index (κ1) is 18.6. The summed E-state index contributed by atoms with van der Waals surface area (Å²) in [5.41, 5.74) is 3.03. The van der Waals surface area contributed by atoms with Crippen molar-refractivity contribution in [1.82, 2.24) is 0 Å². The molecule has 0 N–H and O–H groups in total. The molecule has 3 nitrogen and oxygen atoms in total. The summed E-state index contributed by atoms with van der Waals surface area (Å²) in [7, 11) is 0.0738. The van der Waals surface area contributed by atoms with E-state index in [0.29, 0.717) is 0 Å². The maximum Gasteiger partial charge on any atom is 0.215 e. The summed E-state index contributed by atoms with van der Waals surface area (Å²) in [4.78, 5) is 13.5. The average Bonchev–Trinajstić information content (AvgIpc) is 2.65. The summed E-state index contributed by atoms with van der Waals surface area (Å²) < 4.78 is 11.6. The molecule has 4 rings (SSSR count). The van der Waals surface area contributed by atoms with Crippen LogP contribution in [0.3, 0.4) is 0 Å².